The molecule has 0 amide bonds. The normalized spacial score (nSPS) is 11.5. The maximum Gasteiger partial charge on any atom is 0.392 e. The van der Waals surface area contributed by atoms with Crippen molar-refractivity contribution >= 4 is 11.6 Å². The number of pyridine rings is 1. The van der Waals surface area contributed by atoms with Gasteiger partial charge in [-0.1, -0.05) is 0 Å². The summed E-state index contributed by atoms with van der Waals surface area (Å²) in [5.74, 6) is 0.513. The lowest BCUT2D eigenvalue weighted by atomic mass is 10.3. The van der Waals surface area contributed by atoms with Gasteiger partial charge in [0, 0.05) is 18.0 Å². The second kappa shape index (κ2) is 5.21. The Morgan fingerprint density at radius 2 is 2.13 bits per heavy atom. The van der Waals surface area contributed by atoms with E-state index in [2.05, 4.69) is 4.98 Å². The first kappa shape index (κ1) is 12.1. The van der Waals surface area contributed by atoms with Crippen molar-refractivity contribution in [2.24, 2.45) is 0 Å². The van der Waals surface area contributed by atoms with E-state index in [0.717, 1.165) is 0 Å². The van der Waals surface area contributed by atoms with Gasteiger partial charge in [0.05, 0.1) is 18.9 Å². The van der Waals surface area contributed by atoms with E-state index >= 15 is 0 Å². The smallest absolute Gasteiger partial charge is 0.392 e. The van der Waals surface area contributed by atoms with Crippen molar-refractivity contribution < 1.29 is 17.9 Å². The van der Waals surface area contributed by atoms with Gasteiger partial charge in [0.25, 0.3) is 0 Å². The summed E-state index contributed by atoms with van der Waals surface area (Å²) < 4.78 is 40.4. The molecule has 0 aromatic carbocycles. The minimum Gasteiger partial charge on any atom is -0.493 e. The predicted molar refractivity (Wildman–Crippen MR) is 50.0 cm³/mol. The minimum atomic E-state index is -4.20. The first-order valence-electron chi connectivity index (χ1n) is 4.21. The third-order valence-electron chi connectivity index (χ3n) is 1.65. The van der Waals surface area contributed by atoms with Crippen molar-refractivity contribution in [1.29, 1.82) is 0 Å². The number of ether oxygens (including phenoxy) is 1. The summed E-state index contributed by atoms with van der Waals surface area (Å²) in [7, 11) is 0. The Morgan fingerprint density at radius 3 is 2.73 bits per heavy atom. The summed E-state index contributed by atoms with van der Waals surface area (Å²) in [5.41, 5.74) is 0.585. The predicted octanol–water partition coefficient (Wildman–Crippen LogP) is 3.15. The molecule has 15 heavy (non-hydrogen) atoms. The maximum absolute atomic E-state index is 11.8. The molecule has 0 radical (unpaired) electrons. The van der Waals surface area contributed by atoms with E-state index in [1.165, 1.54) is 18.5 Å². The van der Waals surface area contributed by atoms with Gasteiger partial charge in [0.1, 0.15) is 5.75 Å². The Morgan fingerprint density at radius 1 is 1.40 bits per heavy atom. The largest absolute Gasteiger partial charge is 0.493 e. The fraction of sp³-hybridized carbons (Fsp3) is 0.444. The second-order valence-electron chi connectivity index (χ2n) is 2.83. The van der Waals surface area contributed by atoms with Crippen LogP contribution in [0.2, 0.25) is 0 Å². The van der Waals surface area contributed by atoms with Gasteiger partial charge in [-0.2, -0.15) is 13.2 Å². The van der Waals surface area contributed by atoms with Crippen LogP contribution in [0.15, 0.2) is 18.5 Å². The highest BCUT2D eigenvalue weighted by molar-refractivity contribution is 6.17. The highest BCUT2D eigenvalue weighted by Gasteiger charge is 2.26. The number of halogens is 4. The van der Waals surface area contributed by atoms with Gasteiger partial charge in [-0.25, -0.2) is 0 Å². The first-order valence-corrected chi connectivity index (χ1v) is 4.75. The zero-order valence-corrected chi connectivity index (χ0v) is 8.48. The van der Waals surface area contributed by atoms with Gasteiger partial charge >= 0.3 is 6.18 Å². The lowest BCUT2D eigenvalue weighted by Gasteiger charge is -2.10. The van der Waals surface area contributed by atoms with Crippen LogP contribution in [0.1, 0.15) is 12.0 Å². The van der Waals surface area contributed by atoms with Crippen LogP contribution in [0.3, 0.4) is 0 Å². The van der Waals surface area contributed by atoms with E-state index in [9.17, 15) is 13.2 Å². The van der Waals surface area contributed by atoms with Crippen LogP contribution < -0.4 is 4.74 Å². The zero-order chi connectivity index (χ0) is 11.3. The molecule has 0 aliphatic rings. The summed E-state index contributed by atoms with van der Waals surface area (Å²) in [6.07, 6.45) is -2.26. The molecule has 84 valence electrons. The Kier molecular flexibility index (Phi) is 4.20. The van der Waals surface area contributed by atoms with Crippen molar-refractivity contribution in [2.45, 2.75) is 18.5 Å². The van der Waals surface area contributed by atoms with E-state index in [-0.39, 0.29) is 5.88 Å². The van der Waals surface area contributed by atoms with E-state index in [4.69, 9.17) is 16.3 Å². The molecule has 1 aromatic rings. The standard InChI is InChI=1S/C9H9ClF3NO/c10-5-7-6-14-3-1-8(7)15-4-2-9(11,12)13/h1,3,6H,2,4-5H2. The summed E-state index contributed by atoms with van der Waals surface area (Å²) in [4.78, 5) is 3.79. The molecule has 0 fully saturated rings. The molecule has 6 heteroatoms. The number of aromatic nitrogens is 1. The Labute approximate surface area is 90.0 Å². The van der Waals surface area contributed by atoms with Crippen molar-refractivity contribution in [3.05, 3.63) is 24.0 Å². The summed E-state index contributed by atoms with van der Waals surface area (Å²) in [5, 5.41) is 0. The van der Waals surface area contributed by atoms with Crippen LogP contribution in [-0.4, -0.2) is 17.8 Å². The van der Waals surface area contributed by atoms with Crippen molar-refractivity contribution in [2.75, 3.05) is 6.61 Å². The number of nitrogens with zero attached hydrogens (tertiary/aromatic N) is 1. The third-order valence-corrected chi connectivity index (χ3v) is 1.93. The summed E-state index contributed by atoms with van der Waals surface area (Å²) >= 11 is 5.56. The van der Waals surface area contributed by atoms with Crippen molar-refractivity contribution in [3.63, 3.8) is 0 Å². The monoisotopic (exact) mass is 239 g/mol. The molecule has 1 rings (SSSR count). The van der Waals surface area contributed by atoms with Crippen molar-refractivity contribution in [3.8, 4) is 5.75 Å². The van der Waals surface area contributed by atoms with E-state index in [1.54, 1.807) is 0 Å². The maximum atomic E-state index is 11.8. The molecule has 0 saturated heterocycles. The highest BCUT2D eigenvalue weighted by atomic mass is 35.5. The molecule has 1 heterocycles. The molecule has 0 spiro atoms. The molecular formula is C9H9ClF3NO. The van der Waals surface area contributed by atoms with Crippen molar-refractivity contribution in [1.82, 2.24) is 4.98 Å². The van der Waals surface area contributed by atoms with Crippen LogP contribution in [0, 0.1) is 0 Å². The van der Waals surface area contributed by atoms with E-state index in [0.29, 0.717) is 11.3 Å². The molecule has 0 saturated carbocycles. The highest BCUT2D eigenvalue weighted by Crippen LogP contribution is 2.22. The average Bonchev–Trinajstić information content (AvgIpc) is 2.16. The van der Waals surface area contributed by atoms with Gasteiger partial charge < -0.3 is 4.74 Å². The Hall–Kier alpha value is -0.970. The number of alkyl halides is 4. The molecule has 0 aliphatic heterocycles. The lowest BCUT2D eigenvalue weighted by Crippen LogP contribution is -2.13. The molecular weight excluding hydrogens is 231 g/mol. The molecule has 0 atom stereocenters. The SMILES string of the molecule is FC(F)(F)CCOc1ccncc1CCl. The van der Waals surface area contributed by atoms with Gasteiger partial charge in [-0.15, -0.1) is 11.6 Å². The molecule has 0 aliphatic carbocycles. The fourth-order valence-corrected chi connectivity index (χ4v) is 1.13. The quantitative estimate of drug-likeness (QED) is 0.753. The molecule has 0 unspecified atom stereocenters. The topological polar surface area (TPSA) is 22.1 Å². The van der Waals surface area contributed by atoms with Crippen LogP contribution in [0.5, 0.6) is 5.75 Å². The fourth-order valence-electron chi connectivity index (χ4n) is 0.932. The number of hydrogen-bond donors (Lipinski definition) is 0. The second-order valence-corrected chi connectivity index (χ2v) is 3.10. The molecule has 0 bridgehead atoms. The van der Waals surface area contributed by atoms with Gasteiger partial charge in [-0.05, 0) is 6.07 Å². The van der Waals surface area contributed by atoms with Gasteiger partial charge in [0.2, 0.25) is 0 Å². The van der Waals surface area contributed by atoms with Crippen LogP contribution in [0.4, 0.5) is 13.2 Å². The first-order chi connectivity index (χ1) is 7.03. The number of rotatable bonds is 4. The summed E-state index contributed by atoms with van der Waals surface area (Å²) in [6.45, 7) is -0.405. The Balaban J connectivity index is 2.50. The average molecular weight is 240 g/mol. The third kappa shape index (κ3) is 4.38. The Bertz CT molecular complexity index is 316. The zero-order valence-electron chi connectivity index (χ0n) is 7.72. The lowest BCUT2D eigenvalue weighted by molar-refractivity contribution is -0.139. The van der Waals surface area contributed by atoms with Crippen LogP contribution >= 0.6 is 11.6 Å². The summed E-state index contributed by atoms with van der Waals surface area (Å²) in [6, 6.07) is 1.49. The van der Waals surface area contributed by atoms with Gasteiger partial charge in [0.15, 0.2) is 0 Å². The van der Waals surface area contributed by atoms with Gasteiger partial charge in [-0.3, -0.25) is 4.98 Å². The molecule has 2 nitrogen and oxygen atoms in total. The van der Waals surface area contributed by atoms with E-state index < -0.39 is 19.2 Å². The number of hydrogen-bond acceptors (Lipinski definition) is 2. The van der Waals surface area contributed by atoms with Crippen LogP contribution in [-0.2, 0) is 5.88 Å². The minimum absolute atomic E-state index is 0.162. The molecule has 0 N–H and O–H groups in total. The molecule has 1 aromatic heterocycles. The van der Waals surface area contributed by atoms with Crippen LogP contribution in [0.25, 0.3) is 0 Å². The van der Waals surface area contributed by atoms with E-state index in [1.807, 2.05) is 0 Å².